The van der Waals surface area contributed by atoms with Gasteiger partial charge in [-0.25, -0.2) is 4.99 Å². The summed E-state index contributed by atoms with van der Waals surface area (Å²) in [6.45, 7) is 1.52. The van der Waals surface area contributed by atoms with E-state index in [0.29, 0.717) is 26.2 Å². The summed E-state index contributed by atoms with van der Waals surface area (Å²) in [6, 6.07) is 25.4. The van der Waals surface area contributed by atoms with Crippen LogP contribution in [0.15, 0.2) is 111 Å². The second kappa shape index (κ2) is 11.8. The summed E-state index contributed by atoms with van der Waals surface area (Å²) < 4.78 is 39.0. The molecule has 0 N–H and O–H groups in total. The van der Waals surface area contributed by atoms with Gasteiger partial charge in [0.1, 0.15) is 16.4 Å². The number of fused-ring (bicyclic) bond motifs is 3. The Kier molecular flexibility index (Phi) is 7.61. The van der Waals surface area contributed by atoms with E-state index in [2.05, 4.69) is 12.1 Å². The third-order valence-electron chi connectivity index (χ3n) is 8.36. The number of allylic oxidation sites excluding steroid dienone is 1. The van der Waals surface area contributed by atoms with E-state index in [9.17, 15) is 23.3 Å². The Bertz CT molecular complexity index is 2410. The highest BCUT2D eigenvalue weighted by Gasteiger charge is 2.34. The smallest absolute Gasteiger partial charge is 0.339 e. The number of aromatic nitrogens is 1. The van der Waals surface area contributed by atoms with Crippen molar-refractivity contribution in [1.29, 1.82) is 0 Å². The predicted octanol–water partition coefficient (Wildman–Crippen LogP) is 5.31. The van der Waals surface area contributed by atoms with Crippen LogP contribution in [-0.2, 0) is 16.5 Å². The van der Waals surface area contributed by atoms with E-state index >= 15 is 0 Å². The molecule has 0 unspecified atom stereocenters. The van der Waals surface area contributed by atoms with E-state index in [4.69, 9.17) is 13.9 Å². The second-order valence-electron chi connectivity index (χ2n) is 11.2. The summed E-state index contributed by atoms with van der Waals surface area (Å²) in [7, 11) is -2.71. The zero-order chi connectivity index (χ0) is 32.9. The lowest BCUT2D eigenvalue weighted by Gasteiger charge is -2.31. The summed E-state index contributed by atoms with van der Waals surface area (Å²) in [5.41, 5.74) is 5.59. The average molecular weight is 666 g/mol. The predicted molar refractivity (Wildman–Crippen MR) is 178 cm³/mol. The first-order valence-electron chi connectivity index (χ1n) is 14.7. The van der Waals surface area contributed by atoms with Crippen molar-refractivity contribution in [1.82, 2.24) is 4.57 Å². The minimum atomic E-state index is -4.33. The Morgan fingerprint density at radius 2 is 1.74 bits per heavy atom. The summed E-state index contributed by atoms with van der Waals surface area (Å²) in [5.74, 6) is 0.708. The van der Waals surface area contributed by atoms with Crippen LogP contribution in [0.1, 0.15) is 40.3 Å². The number of para-hydroxylation sites is 1. The SMILES string of the molecule is COc1ccccc1[C@H]1C2=C(N=c3s/c(=C\c4ccc(OS(=O)(=O)c5ccc(C)c([N+](=O)[O-])c5)cc4)c(=O)n31)c1ccccc1CC2. The summed E-state index contributed by atoms with van der Waals surface area (Å²) in [6.07, 6.45) is 3.33. The van der Waals surface area contributed by atoms with E-state index in [0.717, 1.165) is 41.3 Å². The number of hydrogen-bond acceptors (Lipinski definition) is 9. The molecule has 1 aliphatic carbocycles. The maximum Gasteiger partial charge on any atom is 0.339 e. The monoisotopic (exact) mass is 665 g/mol. The third-order valence-corrected chi connectivity index (χ3v) is 10.6. The standard InChI is InChI=1S/C35H27N3O7S2/c1-21-11-17-25(20-29(21)38(40)41)47(42,43)45-24-15-12-22(13-16-24)19-31-34(39)37-33(27-9-5-6-10-30(27)44-2)28-18-14-23-7-3-4-8-26(23)32(28)36-35(37)46-31/h3-13,15-17,19-20,33H,14,18H2,1-2H3/b31-19-/t33-/m0/s1. The lowest BCUT2D eigenvalue weighted by atomic mass is 9.83. The maximum absolute atomic E-state index is 14.1. The lowest BCUT2D eigenvalue weighted by molar-refractivity contribution is -0.385. The van der Waals surface area contributed by atoms with Crippen LogP contribution in [0.4, 0.5) is 5.69 Å². The molecule has 0 saturated carbocycles. The van der Waals surface area contributed by atoms with Crippen molar-refractivity contribution in [3.05, 3.63) is 154 Å². The van der Waals surface area contributed by atoms with Gasteiger partial charge >= 0.3 is 10.1 Å². The summed E-state index contributed by atoms with van der Waals surface area (Å²) in [4.78, 5) is 30.0. The van der Waals surface area contributed by atoms with Crippen molar-refractivity contribution in [2.24, 2.45) is 4.99 Å². The van der Waals surface area contributed by atoms with Crippen LogP contribution in [0.25, 0.3) is 11.8 Å². The Balaban J connectivity index is 1.27. The van der Waals surface area contributed by atoms with Gasteiger partial charge in [0.15, 0.2) is 4.80 Å². The van der Waals surface area contributed by atoms with Gasteiger partial charge in [0.25, 0.3) is 11.2 Å². The molecule has 47 heavy (non-hydrogen) atoms. The minimum absolute atomic E-state index is 0.0225. The zero-order valence-electron chi connectivity index (χ0n) is 25.2. The van der Waals surface area contributed by atoms with Crippen molar-refractivity contribution in [2.45, 2.75) is 30.7 Å². The van der Waals surface area contributed by atoms with Crippen LogP contribution < -0.4 is 23.8 Å². The molecule has 10 nitrogen and oxygen atoms in total. The fraction of sp³-hybridized carbons (Fsp3) is 0.143. The van der Waals surface area contributed by atoms with Gasteiger partial charge in [0.05, 0.1) is 28.3 Å². The summed E-state index contributed by atoms with van der Waals surface area (Å²) >= 11 is 1.29. The van der Waals surface area contributed by atoms with Crippen LogP contribution in [-0.4, -0.2) is 25.0 Å². The number of ether oxygens (including phenoxy) is 1. The van der Waals surface area contributed by atoms with Crippen molar-refractivity contribution in [3.8, 4) is 11.5 Å². The van der Waals surface area contributed by atoms with E-state index < -0.39 is 21.1 Å². The van der Waals surface area contributed by atoms with Crippen molar-refractivity contribution >= 4 is 38.9 Å². The number of methoxy groups -OCH3 is 1. The topological polar surface area (TPSA) is 130 Å². The molecular weight excluding hydrogens is 639 g/mol. The van der Waals surface area contributed by atoms with Crippen LogP contribution in [0.2, 0.25) is 0 Å². The molecule has 236 valence electrons. The highest BCUT2D eigenvalue weighted by Crippen LogP contribution is 2.43. The number of aryl methyl sites for hydroxylation is 2. The largest absolute Gasteiger partial charge is 0.496 e. The van der Waals surface area contributed by atoms with Crippen LogP contribution in [0.3, 0.4) is 0 Å². The Morgan fingerprint density at radius 1 is 1.00 bits per heavy atom. The quantitative estimate of drug-likeness (QED) is 0.131. The van der Waals surface area contributed by atoms with Crippen LogP contribution in [0, 0.1) is 17.0 Å². The fourth-order valence-electron chi connectivity index (χ4n) is 6.08. The molecule has 0 spiro atoms. The molecule has 0 saturated heterocycles. The first kappa shape index (κ1) is 30.3. The number of thiazole rings is 1. The van der Waals surface area contributed by atoms with Gasteiger partial charge in [-0.1, -0.05) is 72.0 Å². The molecule has 1 atom stereocenters. The van der Waals surface area contributed by atoms with Gasteiger partial charge in [-0.2, -0.15) is 8.42 Å². The van der Waals surface area contributed by atoms with Crippen molar-refractivity contribution in [3.63, 3.8) is 0 Å². The van der Waals surface area contributed by atoms with E-state index in [-0.39, 0.29) is 21.9 Å². The average Bonchev–Trinajstić information content (AvgIpc) is 3.38. The Labute approximate surface area is 273 Å². The number of rotatable bonds is 7. The van der Waals surface area contributed by atoms with E-state index in [1.165, 1.54) is 48.1 Å². The van der Waals surface area contributed by atoms with Crippen LogP contribution in [0.5, 0.6) is 11.5 Å². The van der Waals surface area contributed by atoms with Gasteiger partial charge in [-0.05, 0) is 66.8 Å². The molecule has 0 radical (unpaired) electrons. The van der Waals surface area contributed by atoms with Gasteiger partial charge in [0, 0.05) is 22.8 Å². The molecule has 0 bridgehead atoms. The number of benzene rings is 4. The molecule has 0 amide bonds. The number of nitrogens with zero attached hydrogens (tertiary/aromatic N) is 3. The Hall–Kier alpha value is -5.33. The normalized spacial score (nSPS) is 15.7. The number of hydrogen-bond donors (Lipinski definition) is 0. The fourth-order valence-corrected chi connectivity index (χ4v) is 8.03. The molecule has 2 heterocycles. The van der Waals surface area contributed by atoms with Gasteiger partial charge < -0.3 is 8.92 Å². The molecule has 0 fully saturated rings. The maximum atomic E-state index is 14.1. The van der Waals surface area contributed by atoms with Crippen molar-refractivity contribution < 1.29 is 22.3 Å². The summed E-state index contributed by atoms with van der Waals surface area (Å²) in [5, 5.41) is 11.3. The van der Waals surface area contributed by atoms with E-state index in [1.807, 2.05) is 36.4 Å². The number of nitro benzene ring substituents is 1. The van der Waals surface area contributed by atoms with Gasteiger partial charge in [-0.15, -0.1) is 0 Å². The third kappa shape index (κ3) is 5.45. The molecule has 12 heteroatoms. The molecule has 1 aromatic heterocycles. The molecule has 1 aliphatic heterocycles. The minimum Gasteiger partial charge on any atom is -0.496 e. The molecule has 5 aromatic rings. The Morgan fingerprint density at radius 3 is 2.51 bits per heavy atom. The van der Waals surface area contributed by atoms with Gasteiger partial charge in [-0.3, -0.25) is 19.5 Å². The highest BCUT2D eigenvalue weighted by atomic mass is 32.2. The first-order chi connectivity index (χ1) is 22.6. The highest BCUT2D eigenvalue weighted by molar-refractivity contribution is 7.87. The van der Waals surface area contributed by atoms with Crippen molar-refractivity contribution in [2.75, 3.05) is 7.11 Å². The zero-order valence-corrected chi connectivity index (χ0v) is 26.9. The van der Waals surface area contributed by atoms with Crippen LogP contribution >= 0.6 is 11.3 Å². The van der Waals surface area contributed by atoms with Gasteiger partial charge in [0.2, 0.25) is 0 Å². The molecule has 2 aliphatic rings. The first-order valence-corrected chi connectivity index (χ1v) is 16.9. The second-order valence-corrected chi connectivity index (χ2v) is 13.7. The van der Waals surface area contributed by atoms with E-state index in [1.54, 1.807) is 29.9 Å². The lowest BCUT2D eigenvalue weighted by Crippen LogP contribution is -2.38. The number of nitro groups is 1. The molecular formula is C35H27N3O7S2. The molecule has 4 aromatic carbocycles. The molecule has 7 rings (SSSR count).